The monoisotopic (exact) mass is 406 g/mol. The number of carbonyl (C=O) groups excluding carboxylic acids is 2. The van der Waals surface area contributed by atoms with E-state index in [1.54, 1.807) is 13.8 Å². The molecule has 1 rings (SSSR count). The Balaban J connectivity index is 3.17. The maximum absolute atomic E-state index is 11.9. The highest BCUT2D eigenvalue weighted by atomic mass is 16.5. The highest BCUT2D eigenvalue weighted by Crippen LogP contribution is 2.39. The number of benzene rings is 1. The molecule has 0 saturated heterocycles. The SMILES string of the molecule is CCC(=O)CCc1c(C)c(OC(C)=O)c(C)c(C)c1OCCCC(C)(C)C(=O)O. The third-order valence-corrected chi connectivity index (χ3v) is 5.38. The standard InChI is InChI=1S/C23H34O6/c1-8-18(25)10-11-19-16(4)20(29-17(5)24)14(2)15(3)21(19)28-13-9-12-23(6,7)22(26)27/h8-13H2,1-7H3,(H,26,27). The van der Waals surface area contributed by atoms with Crippen LogP contribution in [-0.4, -0.2) is 29.4 Å². The summed E-state index contributed by atoms with van der Waals surface area (Å²) >= 11 is 0. The molecule has 1 N–H and O–H groups in total. The normalized spacial score (nSPS) is 11.3. The minimum Gasteiger partial charge on any atom is -0.493 e. The van der Waals surface area contributed by atoms with E-state index < -0.39 is 17.4 Å². The van der Waals surface area contributed by atoms with Gasteiger partial charge in [-0.3, -0.25) is 14.4 Å². The van der Waals surface area contributed by atoms with Crippen LogP contribution in [0.1, 0.15) is 75.6 Å². The second kappa shape index (κ2) is 10.4. The van der Waals surface area contributed by atoms with Crippen molar-refractivity contribution in [1.29, 1.82) is 0 Å². The Morgan fingerprint density at radius 2 is 1.59 bits per heavy atom. The van der Waals surface area contributed by atoms with Crippen molar-refractivity contribution in [1.82, 2.24) is 0 Å². The van der Waals surface area contributed by atoms with Crippen molar-refractivity contribution in [2.24, 2.45) is 5.41 Å². The van der Waals surface area contributed by atoms with Crippen LogP contribution in [0.25, 0.3) is 0 Å². The fourth-order valence-electron chi connectivity index (χ4n) is 3.19. The number of rotatable bonds is 11. The first-order chi connectivity index (χ1) is 13.4. The van der Waals surface area contributed by atoms with E-state index >= 15 is 0 Å². The van der Waals surface area contributed by atoms with Gasteiger partial charge in [0.2, 0.25) is 0 Å². The molecule has 0 atom stereocenters. The summed E-state index contributed by atoms with van der Waals surface area (Å²) in [7, 11) is 0. The van der Waals surface area contributed by atoms with Crippen molar-refractivity contribution in [3.63, 3.8) is 0 Å². The third kappa shape index (κ3) is 6.58. The van der Waals surface area contributed by atoms with Crippen LogP contribution in [0.4, 0.5) is 0 Å². The molecule has 1 aromatic rings. The topological polar surface area (TPSA) is 89.9 Å². The number of hydrogen-bond donors (Lipinski definition) is 1. The summed E-state index contributed by atoms with van der Waals surface area (Å²) in [6.45, 7) is 12.6. The second-order valence-corrected chi connectivity index (χ2v) is 8.14. The molecule has 0 amide bonds. The fraction of sp³-hybridized carbons (Fsp3) is 0.609. The first-order valence-corrected chi connectivity index (χ1v) is 10.1. The van der Waals surface area contributed by atoms with Crippen LogP contribution in [0.2, 0.25) is 0 Å². The van der Waals surface area contributed by atoms with Gasteiger partial charge in [0, 0.05) is 25.3 Å². The van der Waals surface area contributed by atoms with E-state index in [0.717, 1.165) is 22.3 Å². The number of ketones is 1. The predicted molar refractivity (Wildman–Crippen MR) is 112 cm³/mol. The van der Waals surface area contributed by atoms with Crippen LogP contribution < -0.4 is 9.47 Å². The molecule has 0 bridgehead atoms. The van der Waals surface area contributed by atoms with Gasteiger partial charge in [0.1, 0.15) is 17.3 Å². The van der Waals surface area contributed by atoms with Crippen molar-refractivity contribution in [3.8, 4) is 11.5 Å². The Bertz CT molecular complexity index is 776. The largest absolute Gasteiger partial charge is 0.493 e. The maximum Gasteiger partial charge on any atom is 0.309 e. The summed E-state index contributed by atoms with van der Waals surface area (Å²) in [5.41, 5.74) is 2.55. The Morgan fingerprint density at radius 1 is 1.00 bits per heavy atom. The van der Waals surface area contributed by atoms with Crippen molar-refractivity contribution < 1.29 is 29.0 Å². The minimum absolute atomic E-state index is 0.158. The Morgan fingerprint density at radius 3 is 2.10 bits per heavy atom. The molecule has 29 heavy (non-hydrogen) atoms. The van der Waals surface area contributed by atoms with Crippen molar-refractivity contribution in [2.75, 3.05) is 6.61 Å². The van der Waals surface area contributed by atoms with E-state index in [9.17, 15) is 19.5 Å². The lowest BCUT2D eigenvalue weighted by molar-refractivity contribution is -0.147. The third-order valence-electron chi connectivity index (χ3n) is 5.38. The number of carbonyl (C=O) groups is 3. The predicted octanol–water partition coefficient (Wildman–Crippen LogP) is 4.72. The molecule has 0 heterocycles. The molecule has 162 valence electrons. The number of carboxylic acids is 1. The molecule has 0 aliphatic heterocycles. The van der Waals surface area contributed by atoms with Gasteiger partial charge < -0.3 is 14.6 Å². The number of aliphatic carboxylic acids is 1. The average molecular weight is 407 g/mol. The molecule has 0 aliphatic rings. The molecule has 0 saturated carbocycles. The number of esters is 1. The Labute approximate surface area is 173 Å². The van der Waals surface area contributed by atoms with E-state index in [-0.39, 0.29) is 5.78 Å². The van der Waals surface area contributed by atoms with Gasteiger partial charge >= 0.3 is 11.9 Å². The highest BCUT2D eigenvalue weighted by Gasteiger charge is 2.26. The quantitative estimate of drug-likeness (QED) is 0.325. The molecule has 0 fully saturated rings. The Hall–Kier alpha value is -2.37. The van der Waals surface area contributed by atoms with E-state index in [2.05, 4.69) is 0 Å². The summed E-state index contributed by atoms with van der Waals surface area (Å²) < 4.78 is 11.5. The highest BCUT2D eigenvalue weighted by molar-refractivity contribution is 5.78. The van der Waals surface area contributed by atoms with Crippen LogP contribution >= 0.6 is 0 Å². The lowest BCUT2D eigenvalue weighted by atomic mass is 9.88. The van der Waals surface area contributed by atoms with E-state index in [4.69, 9.17) is 9.47 Å². The molecule has 0 aliphatic carbocycles. The van der Waals surface area contributed by atoms with E-state index in [1.165, 1.54) is 6.92 Å². The number of hydrogen-bond acceptors (Lipinski definition) is 5. The molecule has 6 heteroatoms. The zero-order chi connectivity index (χ0) is 22.4. The van der Waals surface area contributed by atoms with Gasteiger partial charge in [-0.25, -0.2) is 0 Å². The Kier molecular flexibility index (Phi) is 8.86. The molecule has 1 aromatic carbocycles. The molecular formula is C23H34O6. The van der Waals surface area contributed by atoms with Crippen LogP contribution in [0.15, 0.2) is 0 Å². The van der Waals surface area contributed by atoms with Gasteiger partial charge in [0.05, 0.1) is 12.0 Å². The first kappa shape index (κ1) is 24.7. The molecule has 0 unspecified atom stereocenters. The zero-order valence-corrected chi connectivity index (χ0v) is 18.7. The van der Waals surface area contributed by atoms with E-state index in [1.807, 2.05) is 27.7 Å². The summed E-state index contributed by atoms with van der Waals surface area (Å²) in [5.74, 6) is 0.160. The van der Waals surface area contributed by atoms with Gasteiger partial charge in [-0.05, 0) is 70.6 Å². The average Bonchev–Trinajstić information content (AvgIpc) is 2.64. The van der Waals surface area contributed by atoms with Crippen LogP contribution in [0.3, 0.4) is 0 Å². The van der Waals surface area contributed by atoms with Gasteiger partial charge in [-0.15, -0.1) is 0 Å². The molecule has 0 aromatic heterocycles. The lowest BCUT2D eigenvalue weighted by Crippen LogP contribution is -2.24. The van der Waals surface area contributed by atoms with E-state index in [0.29, 0.717) is 50.2 Å². The smallest absolute Gasteiger partial charge is 0.309 e. The molecule has 6 nitrogen and oxygen atoms in total. The van der Waals surface area contributed by atoms with Crippen LogP contribution in [0.5, 0.6) is 11.5 Å². The number of carboxylic acid groups (broad SMARTS) is 1. The number of Topliss-reactive ketones (excluding diaryl/α,β-unsaturated/α-hetero) is 1. The lowest BCUT2D eigenvalue weighted by Gasteiger charge is -2.23. The number of ether oxygens (including phenoxy) is 2. The molecule has 0 radical (unpaired) electrons. The van der Waals surface area contributed by atoms with Gasteiger partial charge in [-0.2, -0.15) is 0 Å². The summed E-state index contributed by atoms with van der Waals surface area (Å²) in [5, 5.41) is 9.25. The maximum atomic E-state index is 11.9. The second-order valence-electron chi connectivity index (χ2n) is 8.14. The van der Waals surface area contributed by atoms with Crippen LogP contribution in [0, 0.1) is 26.2 Å². The zero-order valence-electron chi connectivity index (χ0n) is 18.7. The van der Waals surface area contributed by atoms with Gasteiger partial charge in [0.15, 0.2) is 0 Å². The molecular weight excluding hydrogens is 372 g/mol. The summed E-state index contributed by atoms with van der Waals surface area (Å²) in [4.78, 5) is 34.7. The fourth-order valence-corrected chi connectivity index (χ4v) is 3.19. The minimum atomic E-state index is -0.829. The summed E-state index contributed by atoms with van der Waals surface area (Å²) in [6.07, 6.45) is 2.46. The molecule has 0 spiro atoms. The van der Waals surface area contributed by atoms with Crippen LogP contribution in [-0.2, 0) is 20.8 Å². The van der Waals surface area contributed by atoms with Gasteiger partial charge in [0.25, 0.3) is 0 Å². The van der Waals surface area contributed by atoms with Crippen molar-refractivity contribution in [2.45, 2.75) is 80.6 Å². The van der Waals surface area contributed by atoms with Crippen molar-refractivity contribution >= 4 is 17.7 Å². The van der Waals surface area contributed by atoms with Crippen molar-refractivity contribution in [3.05, 3.63) is 22.3 Å². The van der Waals surface area contributed by atoms with Gasteiger partial charge in [-0.1, -0.05) is 6.92 Å². The summed E-state index contributed by atoms with van der Waals surface area (Å²) in [6, 6.07) is 0. The first-order valence-electron chi connectivity index (χ1n) is 10.1.